The van der Waals surface area contributed by atoms with Gasteiger partial charge in [-0.05, 0) is 31.7 Å². The molecule has 0 bridgehead atoms. The molecule has 114 valence electrons. The van der Waals surface area contributed by atoms with E-state index >= 15 is 0 Å². The lowest BCUT2D eigenvalue weighted by Crippen LogP contribution is -2.19. The van der Waals surface area contributed by atoms with Gasteiger partial charge in [-0.1, -0.05) is 27.7 Å². The third-order valence-electron chi connectivity index (χ3n) is 3.68. The van der Waals surface area contributed by atoms with E-state index in [2.05, 4.69) is 33.0 Å². The number of hydrogen-bond acceptors (Lipinski definition) is 4. The van der Waals surface area contributed by atoms with Crippen molar-refractivity contribution in [3.63, 3.8) is 0 Å². The van der Waals surface area contributed by atoms with Gasteiger partial charge in [-0.3, -0.25) is 0 Å². The highest BCUT2D eigenvalue weighted by Crippen LogP contribution is 2.45. The van der Waals surface area contributed by atoms with Gasteiger partial charge in [0.05, 0.1) is 5.69 Å². The molecule has 1 unspecified atom stereocenters. The average Bonchev–Trinajstić information content (AvgIpc) is 3.10. The summed E-state index contributed by atoms with van der Waals surface area (Å²) >= 11 is 1.84. The molecule has 2 rings (SSSR count). The molecule has 1 atom stereocenters. The molecule has 0 saturated heterocycles. The zero-order valence-corrected chi connectivity index (χ0v) is 14.3. The van der Waals surface area contributed by atoms with Crippen LogP contribution in [0.3, 0.4) is 0 Å². The van der Waals surface area contributed by atoms with Crippen LogP contribution in [0.15, 0.2) is 0 Å². The third kappa shape index (κ3) is 3.80. The van der Waals surface area contributed by atoms with Crippen LogP contribution in [0.4, 0.5) is 0 Å². The molecule has 1 saturated carbocycles. The standard InChI is InChI=1S/C16H28N2OS/c1-6-9-17-10-12-14(16(2,3)4)18-15(20-12)13(19-5)11-7-8-11/h11,13,17H,6-10H2,1-5H3. The summed E-state index contributed by atoms with van der Waals surface area (Å²) in [7, 11) is 1.82. The maximum absolute atomic E-state index is 5.69. The topological polar surface area (TPSA) is 34.1 Å². The van der Waals surface area contributed by atoms with Gasteiger partial charge >= 0.3 is 0 Å². The number of aromatic nitrogens is 1. The van der Waals surface area contributed by atoms with Crippen molar-refractivity contribution >= 4 is 11.3 Å². The summed E-state index contributed by atoms with van der Waals surface area (Å²) in [4.78, 5) is 6.32. The van der Waals surface area contributed by atoms with Crippen LogP contribution in [0.25, 0.3) is 0 Å². The summed E-state index contributed by atoms with van der Waals surface area (Å²) in [5.74, 6) is 0.690. The smallest absolute Gasteiger partial charge is 0.122 e. The number of thiazole rings is 1. The van der Waals surface area contributed by atoms with Crippen LogP contribution in [0.2, 0.25) is 0 Å². The van der Waals surface area contributed by atoms with E-state index < -0.39 is 0 Å². The fraction of sp³-hybridized carbons (Fsp3) is 0.812. The summed E-state index contributed by atoms with van der Waals surface area (Å²) in [5, 5.41) is 4.68. The Balaban J connectivity index is 2.21. The predicted octanol–water partition coefficient (Wildman–Crippen LogP) is 4.04. The molecule has 1 aliphatic carbocycles. The first-order chi connectivity index (χ1) is 9.47. The first-order valence-electron chi connectivity index (χ1n) is 7.71. The molecule has 0 spiro atoms. The van der Waals surface area contributed by atoms with Crippen molar-refractivity contribution in [2.75, 3.05) is 13.7 Å². The minimum Gasteiger partial charge on any atom is -0.374 e. The second-order valence-corrected chi connectivity index (χ2v) is 7.86. The van der Waals surface area contributed by atoms with Gasteiger partial charge in [-0.2, -0.15) is 0 Å². The molecular formula is C16H28N2OS. The molecule has 1 aliphatic rings. The lowest BCUT2D eigenvalue weighted by molar-refractivity contribution is 0.0841. The maximum atomic E-state index is 5.69. The molecule has 20 heavy (non-hydrogen) atoms. The van der Waals surface area contributed by atoms with Gasteiger partial charge in [0.1, 0.15) is 11.1 Å². The number of methoxy groups -OCH3 is 1. The van der Waals surface area contributed by atoms with Crippen molar-refractivity contribution in [3.05, 3.63) is 15.6 Å². The normalized spacial score (nSPS) is 17.4. The Hall–Kier alpha value is -0.450. The van der Waals surface area contributed by atoms with E-state index in [4.69, 9.17) is 9.72 Å². The van der Waals surface area contributed by atoms with Gasteiger partial charge in [0, 0.05) is 23.9 Å². The first kappa shape index (κ1) is 15.9. The molecule has 0 amide bonds. The van der Waals surface area contributed by atoms with Gasteiger partial charge in [0.2, 0.25) is 0 Å². The average molecular weight is 296 g/mol. The molecule has 1 fully saturated rings. The largest absolute Gasteiger partial charge is 0.374 e. The first-order valence-corrected chi connectivity index (χ1v) is 8.52. The van der Waals surface area contributed by atoms with E-state index in [1.807, 2.05) is 18.4 Å². The van der Waals surface area contributed by atoms with Crippen molar-refractivity contribution in [3.8, 4) is 0 Å². The van der Waals surface area contributed by atoms with Crippen LogP contribution in [-0.2, 0) is 16.7 Å². The molecule has 0 aromatic carbocycles. The fourth-order valence-electron chi connectivity index (χ4n) is 2.47. The van der Waals surface area contributed by atoms with Crippen molar-refractivity contribution < 1.29 is 4.74 Å². The number of hydrogen-bond donors (Lipinski definition) is 1. The summed E-state index contributed by atoms with van der Waals surface area (Å²) in [6.07, 6.45) is 3.94. The number of nitrogens with one attached hydrogen (secondary N) is 1. The van der Waals surface area contributed by atoms with Gasteiger partial charge in [0.25, 0.3) is 0 Å². The summed E-state index contributed by atoms with van der Waals surface area (Å²) < 4.78 is 5.69. The molecular weight excluding hydrogens is 268 g/mol. The van der Waals surface area contributed by atoms with Crippen molar-refractivity contribution in [1.29, 1.82) is 0 Å². The van der Waals surface area contributed by atoms with E-state index in [9.17, 15) is 0 Å². The van der Waals surface area contributed by atoms with Crippen LogP contribution < -0.4 is 5.32 Å². The van der Waals surface area contributed by atoms with Crippen LogP contribution in [0.1, 0.15) is 68.6 Å². The van der Waals surface area contributed by atoms with Crippen LogP contribution in [0.5, 0.6) is 0 Å². The van der Waals surface area contributed by atoms with Crippen LogP contribution >= 0.6 is 11.3 Å². The molecule has 4 heteroatoms. The Morgan fingerprint density at radius 2 is 2.10 bits per heavy atom. The Morgan fingerprint density at radius 3 is 2.60 bits per heavy atom. The van der Waals surface area contributed by atoms with Crippen molar-refractivity contribution in [2.45, 2.75) is 65.0 Å². The van der Waals surface area contributed by atoms with E-state index in [-0.39, 0.29) is 11.5 Å². The molecule has 0 aliphatic heterocycles. The lowest BCUT2D eigenvalue weighted by Gasteiger charge is -2.18. The number of nitrogens with zero attached hydrogens (tertiary/aromatic N) is 1. The highest BCUT2D eigenvalue weighted by molar-refractivity contribution is 7.11. The van der Waals surface area contributed by atoms with E-state index in [0.717, 1.165) is 13.1 Å². The zero-order valence-electron chi connectivity index (χ0n) is 13.5. The van der Waals surface area contributed by atoms with Crippen molar-refractivity contribution in [2.24, 2.45) is 5.92 Å². The monoisotopic (exact) mass is 296 g/mol. The summed E-state index contributed by atoms with van der Waals surface area (Å²) in [6, 6.07) is 0. The van der Waals surface area contributed by atoms with Gasteiger partial charge in [-0.15, -0.1) is 11.3 Å². The van der Waals surface area contributed by atoms with Crippen LogP contribution in [0, 0.1) is 5.92 Å². The fourth-order valence-corrected chi connectivity index (χ4v) is 3.89. The minimum atomic E-state index is 0.0970. The quantitative estimate of drug-likeness (QED) is 0.771. The van der Waals surface area contributed by atoms with Gasteiger partial charge in [-0.25, -0.2) is 4.98 Å². The van der Waals surface area contributed by atoms with E-state index in [1.54, 1.807) is 0 Å². The molecule has 3 nitrogen and oxygen atoms in total. The molecule has 1 N–H and O–H groups in total. The molecule has 1 aromatic heterocycles. The predicted molar refractivity (Wildman–Crippen MR) is 85.3 cm³/mol. The Kier molecular flexibility index (Phi) is 5.21. The Bertz CT molecular complexity index is 432. The van der Waals surface area contributed by atoms with Gasteiger partial charge in [0.15, 0.2) is 0 Å². The second-order valence-electron chi connectivity index (χ2n) is 6.74. The molecule has 0 radical (unpaired) electrons. The van der Waals surface area contributed by atoms with Crippen LogP contribution in [-0.4, -0.2) is 18.6 Å². The highest BCUT2D eigenvalue weighted by atomic mass is 32.1. The summed E-state index contributed by atoms with van der Waals surface area (Å²) in [6.45, 7) is 10.9. The third-order valence-corrected chi connectivity index (χ3v) is 4.80. The zero-order chi connectivity index (χ0) is 14.8. The van der Waals surface area contributed by atoms with E-state index in [0.29, 0.717) is 5.92 Å². The highest BCUT2D eigenvalue weighted by Gasteiger charge is 2.36. The SMILES string of the molecule is CCCNCc1sc(C(OC)C2CC2)nc1C(C)(C)C. The van der Waals surface area contributed by atoms with Gasteiger partial charge < -0.3 is 10.1 Å². The molecule has 1 aromatic rings. The lowest BCUT2D eigenvalue weighted by atomic mass is 9.91. The number of rotatable bonds is 7. The number of ether oxygens (including phenoxy) is 1. The van der Waals surface area contributed by atoms with Crippen molar-refractivity contribution in [1.82, 2.24) is 10.3 Å². The summed E-state index contributed by atoms with van der Waals surface area (Å²) in [5.41, 5.74) is 1.34. The maximum Gasteiger partial charge on any atom is 0.122 e. The Morgan fingerprint density at radius 1 is 1.40 bits per heavy atom. The minimum absolute atomic E-state index is 0.0970. The Labute approximate surface area is 127 Å². The molecule has 1 heterocycles. The van der Waals surface area contributed by atoms with E-state index in [1.165, 1.54) is 34.8 Å². The second kappa shape index (κ2) is 6.54.